The first-order valence-corrected chi connectivity index (χ1v) is 10.8. The molecule has 0 saturated carbocycles. The summed E-state index contributed by atoms with van der Waals surface area (Å²) in [5.41, 5.74) is 15.1. The number of unbranched alkanes of at least 4 members (excludes halogenated alkanes) is 1. The normalized spacial score (nSPS) is 8.92. The number of hydrogen-bond acceptors (Lipinski definition) is 2. The number of halogens is 4. The largest absolute Gasteiger partial charge is 0.398 e. The average Bonchev–Trinajstić information content (AvgIpc) is 2.55. The molecule has 0 amide bonds. The van der Waals surface area contributed by atoms with Crippen LogP contribution in [0.15, 0.2) is 50.5 Å². The van der Waals surface area contributed by atoms with Crippen LogP contribution in [0, 0.1) is 7.14 Å². The van der Waals surface area contributed by atoms with Crippen LogP contribution >= 0.6 is 77.0 Å². The van der Waals surface area contributed by atoms with Crippen LogP contribution in [-0.4, -0.2) is 0 Å². The number of azide groups is 1. The van der Waals surface area contributed by atoms with E-state index in [0.717, 1.165) is 18.2 Å². The quantitative estimate of drug-likeness (QED) is 0.112. The maximum absolute atomic E-state index is 8.15. The number of nitrogen functional groups attached to an aromatic ring is 1. The van der Waals surface area contributed by atoms with Crippen molar-refractivity contribution in [1.82, 2.24) is 0 Å². The Hall–Kier alpha value is -0.0300. The van der Waals surface area contributed by atoms with Crippen LogP contribution in [0.4, 0.5) is 11.4 Å². The van der Waals surface area contributed by atoms with E-state index in [1.165, 1.54) is 16.4 Å². The Morgan fingerprint density at radius 2 is 1.50 bits per heavy atom. The van der Waals surface area contributed by atoms with Crippen molar-refractivity contribution in [3.05, 3.63) is 62.9 Å². The van der Waals surface area contributed by atoms with E-state index in [2.05, 4.69) is 101 Å². The maximum Gasteiger partial charge on any atom is 0.0518 e. The lowest BCUT2D eigenvalue weighted by molar-refractivity contribution is 0.886. The maximum atomic E-state index is 8.15. The van der Waals surface area contributed by atoms with Crippen LogP contribution in [0.5, 0.6) is 0 Å². The summed E-state index contributed by atoms with van der Waals surface area (Å²) in [5.74, 6) is 0. The number of rotatable bonds is 2. The summed E-state index contributed by atoms with van der Waals surface area (Å²) in [5, 5.41) is 3.48. The molecule has 0 unspecified atom stereocenters. The highest BCUT2D eigenvalue weighted by molar-refractivity contribution is 14.1. The number of benzene rings is 2. The van der Waals surface area contributed by atoms with E-state index < -0.39 is 0 Å². The summed E-state index contributed by atoms with van der Waals surface area (Å²) in [6, 6.07) is 11.4. The van der Waals surface area contributed by atoms with Gasteiger partial charge in [0.15, 0.2) is 0 Å². The van der Waals surface area contributed by atoms with Gasteiger partial charge in [-0.15, -0.1) is 0 Å². The molecule has 0 aliphatic rings. The predicted molar refractivity (Wildman–Crippen MR) is 128 cm³/mol. The molecule has 8 heteroatoms. The number of nitrogens with zero attached hydrogens (tertiary/aromatic N) is 3. The highest BCUT2D eigenvalue weighted by Crippen LogP contribution is 2.26. The molecule has 0 fully saturated rings. The van der Waals surface area contributed by atoms with Gasteiger partial charge >= 0.3 is 0 Å². The van der Waals surface area contributed by atoms with Crippen LogP contribution < -0.4 is 5.73 Å². The van der Waals surface area contributed by atoms with E-state index in [0.29, 0.717) is 5.69 Å². The van der Waals surface area contributed by atoms with Crippen molar-refractivity contribution in [1.29, 1.82) is 0 Å². The zero-order valence-electron chi connectivity index (χ0n) is 13.3. The number of anilines is 1. The lowest BCUT2D eigenvalue weighted by atomic mass is 10.3. The van der Waals surface area contributed by atoms with Crippen LogP contribution in [0.2, 0.25) is 0 Å². The molecule has 0 saturated heterocycles. The molecule has 0 spiro atoms. The lowest BCUT2D eigenvalue weighted by Gasteiger charge is -1.95. The van der Waals surface area contributed by atoms with Crippen molar-refractivity contribution < 1.29 is 0 Å². The molecule has 2 aromatic carbocycles. The summed E-state index contributed by atoms with van der Waals surface area (Å²) < 4.78 is 4.08. The Balaban J connectivity index is 0.000000367. The van der Waals surface area contributed by atoms with Gasteiger partial charge in [-0.25, -0.2) is 0 Å². The van der Waals surface area contributed by atoms with Gasteiger partial charge in [0.25, 0.3) is 0 Å². The van der Waals surface area contributed by atoms with Gasteiger partial charge < -0.3 is 5.73 Å². The zero-order chi connectivity index (χ0) is 18.5. The Labute approximate surface area is 187 Å². The first-order chi connectivity index (χ1) is 11.3. The fraction of sp³-hybridized carbons (Fsp3) is 0.250. The van der Waals surface area contributed by atoms with Gasteiger partial charge in [0.1, 0.15) is 0 Å². The molecular formula is C16H18Br2I2N4. The third-order valence-electron chi connectivity index (χ3n) is 2.52. The monoisotopic (exact) mass is 678 g/mol. The fourth-order valence-corrected chi connectivity index (χ4v) is 3.79. The topological polar surface area (TPSA) is 74.8 Å². The second-order valence-corrected chi connectivity index (χ2v) is 8.65. The highest BCUT2D eigenvalue weighted by atomic mass is 127. The van der Waals surface area contributed by atoms with E-state index in [9.17, 15) is 0 Å². The Bertz CT molecular complexity index is 688. The van der Waals surface area contributed by atoms with Gasteiger partial charge in [-0.1, -0.05) is 53.8 Å². The van der Waals surface area contributed by atoms with Crippen LogP contribution in [-0.2, 0) is 0 Å². The first kappa shape index (κ1) is 24.0. The molecular weight excluding hydrogens is 662 g/mol. The Morgan fingerprint density at radius 1 is 1.00 bits per heavy atom. The lowest BCUT2D eigenvalue weighted by Crippen LogP contribution is -1.85. The van der Waals surface area contributed by atoms with E-state index in [4.69, 9.17) is 11.3 Å². The molecule has 0 bridgehead atoms. The van der Waals surface area contributed by atoms with Crippen LogP contribution in [0.25, 0.3) is 10.4 Å². The summed E-state index contributed by atoms with van der Waals surface area (Å²) in [6.07, 6.45) is 2.64. The molecule has 2 rings (SSSR count). The Kier molecular flexibility index (Phi) is 14.2. The number of nitrogens with two attached hydrogens (primary N) is 1. The molecule has 0 atom stereocenters. The molecule has 0 radical (unpaired) electrons. The van der Waals surface area contributed by atoms with Crippen LogP contribution in [0.1, 0.15) is 26.7 Å². The van der Waals surface area contributed by atoms with E-state index in [1.807, 2.05) is 30.3 Å². The van der Waals surface area contributed by atoms with Crippen molar-refractivity contribution >= 4 is 88.4 Å². The standard InChI is InChI=1S/C6H3BrIN3.C6H5BrIN.C4H10/c7-5-3-4(8)1-2-6(5)10-11-9;7-5-3-4(8)1-2-6(5)9;1-3-4-2/h1-3H;1-3H,9H2;3-4H2,1-2H3. The molecule has 24 heavy (non-hydrogen) atoms. The van der Waals surface area contributed by atoms with E-state index >= 15 is 0 Å². The van der Waals surface area contributed by atoms with E-state index in [-0.39, 0.29) is 0 Å². The van der Waals surface area contributed by atoms with Gasteiger partial charge in [-0.05, 0) is 97.0 Å². The zero-order valence-corrected chi connectivity index (χ0v) is 20.8. The molecule has 2 aromatic rings. The highest BCUT2D eigenvalue weighted by Gasteiger charge is 1.96. The second kappa shape index (κ2) is 14.2. The summed E-state index contributed by atoms with van der Waals surface area (Å²) in [4.78, 5) is 2.69. The third-order valence-corrected chi connectivity index (χ3v) is 5.19. The fourth-order valence-electron chi connectivity index (χ4n) is 1.11. The van der Waals surface area contributed by atoms with Crippen molar-refractivity contribution in [3.63, 3.8) is 0 Å². The minimum absolute atomic E-state index is 0.618. The van der Waals surface area contributed by atoms with Gasteiger partial charge in [-0.3, -0.25) is 0 Å². The predicted octanol–water partition coefficient (Wildman–Crippen LogP) is 8.44. The van der Waals surface area contributed by atoms with Crippen molar-refractivity contribution in [2.75, 3.05) is 5.73 Å². The van der Waals surface area contributed by atoms with Gasteiger partial charge in [-0.2, -0.15) is 0 Å². The van der Waals surface area contributed by atoms with Gasteiger partial charge in [0.05, 0.1) is 5.69 Å². The van der Waals surface area contributed by atoms with Crippen molar-refractivity contribution in [2.45, 2.75) is 26.7 Å². The molecule has 2 N–H and O–H groups in total. The molecule has 4 nitrogen and oxygen atoms in total. The number of hydrogen-bond donors (Lipinski definition) is 1. The molecule has 0 aliphatic heterocycles. The van der Waals surface area contributed by atoms with Crippen molar-refractivity contribution in [2.24, 2.45) is 5.11 Å². The minimum atomic E-state index is 0.618. The molecule has 0 aliphatic carbocycles. The third kappa shape index (κ3) is 10.8. The SMILES string of the molecule is CCCC.Nc1ccc(I)cc1Br.[N-]=[N+]=Nc1ccc(I)cc1Br. The average molecular weight is 680 g/mol. The molecule has 0 aromatic heterocycles. The Morgan fingerprint density at radius 3 is 1.88 bits per heavy atom. The smallest absolute Gasteiger partial charge is 0.0518 e. The van der Waals surface area contributed by atoms with Gasteiger partial charge in [0, 0.05) is 26.7 Å². The minimum Gasteiger partial charge on any atom is -0.398 e. The molecule has 130 valence electrons. The van der Waals surface area contributed by atoms with Gasteiger partial charge in [0.2, 0.25) is 0 Å². The van der Waals surface area contributed by atoms with E-state index in [1.54, 1.807) is 6.07 Å². The summed E-state index contributed by atoms with van der Waals surface area (Å²) in [7, 11) is 0. The first-order valence-electron chi connectivity index (χ1n) is 7.06. The van der Waals surface area contributed by atoms with Crippen molar-refractivity contribution in [3.8, 4) is 0 Å². The summed E-state index contributed by atoms with van der Waals surface area (Å²) >= 11 is 11.0. The van der Waals surface area contributed by atoms with Crippen LogP contribution in [0.3, 0.4) is 0 Å². The molecule has 0 heterocycles. The summed E-state index contributed by atoms with van der Waals surface area (Å²) in [6.45, 7) is 4.36. The second-order valence-electron chi connectivity index (χ2n) is 4.45.